The van der Waals surface area contributed by atoms with E-state index in [4.69, 9.17) is 14.0 Å². The smallest absolute Gasteiger partial charge is 0.235 e. The number of methoxy groups -OCH3 is 1. The Hall–Kier alpha value is -2.06. The molecule has 2 aromatic heterocycles. The Bertz CT molecular complexity index is 588. The van der Waals surface area contributed by atoms with Gasteiger partial charge in [0.2, 0.25) is 17.6 Å². The maximum absolute atomic E-state index is 9.93. The Morgan fingerprint density at radius 2 is 2.30 bits per heavy atom. The molecule has 1 fully saturated rings. The summed E-state index contributed by atoms with van der Waals surface area (Å²) in [6.07, 6.45) is 1.39. The van der Waals surface area contributed by atoms with Crippen molar-refractivity contribution in [2.45, 2.75) is 18.4 Å². The first-order valence-electron chi connectivity index (χ1n) is 6.23. The first kappa shape index (κ1) is 12.9. The van der Waals surface area contributed by atoms with Crippen LogP contribution < -0.4 is 4.74 Å². The molecule has 1 saturated heterocycles. The first-order valence-corrected chi connectivity index (χ1v) is 6.23. The van der Waals surface area contributed by atoms with Gasteiger partial charge in [-0.1, -0.05) is 5.16 Å². The van der Waals surface area contributed by atoms with Gasteiger partial charge in [-0.15, -0.1) is 0 Å². The van der Waals surface area contributed by atoms with Crippen molar-refractivity contribution >= 4 is 0 Å². The minimum atomic E-state index is -0.531. The lowest BCUT2D eigenvalue weighted by atomic mass is 9.99. The quantitative estimate of drug-likeness (QED) is 0.860. The fourth-order valence-corrected chi connectivity index (χ4v) is 2.03. The molecule has 0 aromatic carbocycles. The summed E-state index contributed by atoms with van der Waals surface area (Å²) in [7, 11) is 1.52. The van der Waals surface area contributed by atoms with Crippen LogP contribution in [0.25, 0.3) is 11.5 Å². The van der Waals surface area contributed by atoms with Gasteiger partial charge < -0.3 is 19.1 Å². The molecule has 1 N–H and O–H groups in total. The Labute approximate surface area is 114 Å². The van der Waals surface area contributed by atoms with E-state index in [1.165, 1.54) is 13.4 Å². The molecule has 2 unspecified atom stereocenters. The highest BCUT2D eigenvalue weighted by atomic mass is 16.5. The highest BCUT2D eigenvalue weighted by Crippen LogP contribution is 2.26. The average molecular weight is 278 g/mol. The van der Waals surface area contributed by atoms with Gasteiger partial charge in [-0.3, -0.25) is 0 Å². The second kappa shape index (κ2) is 5.51. The summed E-state index contributed by atoms with van der Waals surface area (Å²) in [6, 6.07) is 1.61. The van der Waals surface area contributed by atoms with Crippen LogP contribution in [0.1, 0.15) is 18.2 Å². The van der Waals surface area contributed by atoms with Crippen molar-refractivity contribution in [2.75, 3.05) is 20.3 Å². The van der Waals surface area contributed by atoms with Crippen molar-refractivity contribution in [1.82, 2.24) is 20.1 Å². The largest absolute Gasteiger partial charge is 0.481 e. The van der Waals surface area contributed by atoms with Crippen LogP contribution in [0.15, 0.2) is 16.9 Å². The number of rotatable bonds is 3. The highest BCUT2D eigenvalue weighted by molar-refractivity contribution is 5.49. The van der Waals surface area contributed by atoms with Crippen LogP contribution in [-0.2, 0) is 4.74 Å². The topological polar surface area (TPSA) is 103 Å². The van der Waals surface area contributed by atoms with Gasteiger partial charge in [0.25, 0.3) is 0 Å². The molecular formula is C12H14N4O4. The average Bonchev–Trinajstić information content (AvgIpc) is 2.97. The molecule has 8 nitrogen and oxygen atoms in total. The Balaban J connectivity index is 1.85. The zero-order chi connectivity index (χ0) is 13.9. The number of ether oxygens (including phenoxy) is 2. The van der Waals surface area contributed by atoms with Gasteiger partial charge in [0.05, 0.1) is 25.7 Å². The molecule has 0 radical (unpaired) electrons. The van der Waals surface area contributed by atoms with Gasteiger partial charge in [-0.25, -0.2) is 9.97 Å². The van der Waals surface area contributed by atoms with Crippen LogP contribution in [0.5, 0.6) is 5.88 Å². The third-order valence-electron chi connectivity index (χ3n) is 3.16. The molecule has 8 heteroatoms. The normalized spacial score (nSPS) is 22.7. The number of aromatic nitrogens is 4. The molecule has 3 heterocycles. The number of aliphatic hydroxyl groups excluding tert-OH is 1. The van der Waals surface area contributed by atoms with Crippen molar-refractivity contribution in [1.29, 1.82) is 0 Å². The lowest BCUT2D eigenvalue weighted by molar-refractivity contribution is -0.0149. The van der Waals surface area contributed by atoms with E-state index < -0.39 is 6.10 Å². The van der Waals surface area contributed by atoms with Gasteiger partial charge in [0.1, 0.15) is 12.0 Å². The third-order valence-corrected chi connectivity index (χ3v) is 3.16. The fourth-order valence-electron chi connectivity index (χ4n) is 2.03. The van der Waals surface area contributed by atoms with Gasteiger partial charge in [0.15, 0.2) is 0 Å². The summed E-state index contributed by atoms with van der Waals surface area (Å²) in [5, 5.41) is 13.8. The third kappa shape index (κ3) is 2.47. The van der Waals surface area contributed by atoms with Crippen LogP contribution in [0, 0.1) is 0 Å². The fraction of sp³-hybridized carbons (Fsp3) is 0.500. The minimum Gasteiger partial charge on any atom is -0.481 e. The summed E-state index contributed by atoms with van der Waals surface area (Å²) in [4.78, 5) is 12.2. The number of hydrogen-bond acceptors (Lipinski definition) is 8. The summed E-state index contributed by atoms with van der Waals surface area (Å²) in [6.45, 7) is 0.914. The number of hydrogen-bond donors (Lipinski definition) is 1. The summed E-state index contributed by atoms with van der Waals surface area (Å²) >= 11 is 0. The SMILES string of the molecule is COc1cc(-c2noc(C3COCCC3O)n2)ncn1. The van der Waals surface area contributed by atoms with E-state index in [1.807, 2.05) is 0 Å². The monoisotopic (exact) mass is 278 g/mol. The molecule has 2 atom stereocenters. The van der Waals surface area contributed by atoms with Crippen LogP contribution in [0.3, 0.4) is 0 Å². The van der Waals surface area contributed by atoms with Crippen LogP contribution in [0.4, 0.5) is 0 Å². The Morgan fingerprint density at radius 1 is 1.40 bits per heavy atom. The molecule has 0 spiro atoms. The number of nitrogens with zero attached hydrogens (tertiary/aromatic N) is 4. The molecule has 0 aliphatic carbocycles. The molecule has 20 heavy (non-hydrogen) atoms. The summed E-state index contributed by atoms with van der Waals surface area (Å²) in [5.41, 5.74) is 0.498. The first-order chi connectivity index (χ1) is 9.78. The van der Waals surface area contributed by atoms with E-state index in [-0.39, 0.29) is 5.92 Å². The van der Waals surface area contributed by atoms with E-state index in [1.54, 1.807) is 6.07 Å². The molecule has 0 saturated carbocycles. The second-order valence-electron chi connectivity index (χ2n) is 4.44. The van der Waals surface area contributed by atoms with Crippen LogP contribution in [-0.4, -0.2) is 51.6 Å². The molecule has 106 valence electrons. The predicted octanol–water partition coefficient (Wildman–Crippen LogP) is 0.400. The van der Waals surface area contributed by atoms with Gasteiger partial charge >= 0.3 is 0 Å². The standard InChI is InChI=1S/C12H14N4O4/c1-18-10-4-8(13-6-14-10)11-15-12(20-16-11)7-5-19-3-2-9(7)17/h4,6-7,9,17H,2-3,5H2,1H3. The molecule has 0 bridgehead atoms. The summed E-state index contributed by atoms with van der Waals surface area (Å²) in [5.74, 6) is 0.805. The zero-order valence-electron chi connectivity index (χ0n) is 10.9. The molecule has 1 aliphatic heterocycles. The van der Waals surface area contributed by atoms with Crippen LogP contribution in [0.2, 0.25) is 0 Å². The Morgan fingerprint density at radius 3 is 3.10 bits per heavy atom. The van der Waals surface area contributed by atoms with Crippen molar-refractivity contribution in [3.8, 4) is 17.4 Å². The van der Waals surface area contributed by atoms with Crippen LogP contribution >= 0.6 is 0 Å². The molecular weight excluding hydrogens is 264 g/mol. The van der Waals surface area contributed by atoms with Gasteiger partial charge in [0, 0.05) is 12.7 Å². The van der Waals surface area contributed by atoms with E-state index in [2.05, 4.69) is 20.1 Å². The molecule has 1 aliphatic rings. The molecule has 3 rings (SSSR count). The second-order valence-corrected chi connectivity index (χ2v) is 4.44. The predicted molar refractivity (Wildman–Crippen MR) is 66.1 cm³/mol. The lowest BCUT2D eigenvalue weighted by Gasteiger charge is -2.24. The van der Waals surface area contributed by atoms with Gasteiger partial charge in [-0.2, -0.15) is 4.98 Å². The van der Waals surface area contributed by atoms with E-state index in [0.29, 0.717) is 42.9 Å². The van der Waals surface area contributed by atoms with Crippen molar-refractivity contribution < 1.29 is 19.1 Å². The Kier molecular flexibility index (Phi) is 3.57. The van der Waals surface area contributed by atoms with E-state index in [0.717, 1.165) is 0 Å². The van der Waals surface area contributed by atoms with E-state index in [9.17, 15) is 5.11 Å². The van der Waals surface area contributed by atoms with E-state index >= 15 is 0 Å². The number of aliphatic hydroxyl groups is 1. The minimum absolute atomic E-state index is 0.297. The highest BCUT2D eigenvalue weighted by Gasteiger charge is 2.30. The maximum Gasteiger partial charge on any atom is 0.235 e. The molecule has 0 amide bonds. The lowest BCUT2D eigenvalue weighted by Crippen LogP contribution is -2.30. The van der Waals surface area contributed by atoms with Crippen molar-refractivity contribution in [2.24, 2.45) is 0 Å². The summed E-state index contributed by atoms with van der Waals surface area (Å²) < 4.78 is 15.5. The zero-order valence-corrected chi connectivity index (χ0v) is 10.9. The molecule has 2 aromatic rings. The maximum atomic E-state index is 9.93. The van der Waals surface area contributed by atoms with Crippen molar-refractivity contribution in [3.05, 3.63) is 18.3 Å². The van der Waals surface area contributed by atoms with Gasteiger partial charge in [-0.05, 0) is 6.42 Å². The van der Waals surface area contributed by atoms with Crippen molar-refractivity contribution in [3.63, 3.8) is 0 Å².